The number of amides is 1. The number of ether oxygens (including phenoxy) is 1. The van der Waals surface area contributed by atoms with Gasteiger partial charge in [-0.05, 0) is 53.9 Å². The third kappa shape index (κ3) is 4.26. The first-order valence-electron chi connectivity index (χ1n) is 10.9. The zero-order chi connectivity index (χ0) is 24.0. The second-order valence-corrected chi connectivity index (χ2v) is 10.4. The van der Waals surface area contributed by atoms with E-state index in [1.807, 2.05) is 32.0 Å². The SMILES string of the molecule is CC(C)c1c(C(=O)N[C@H]2CCOc3ccc(F)cc32)sc2c(-c3cc(Cl)cc(Cl)c3)ccnc12. The molecule has 0 saturated heterocycles. The molecule has 1 N–H and O–H groups in total. The number of benzene rings is 2. The monoisotopic (exact) mass is 514 g/mol. The molecule has 1 aliphatic heterocycles. The molecule has 2 aromatic heterocycles. The third-order valence-corrected chi connectivity index (χ3v) is 7.55. The Hall–Kier alpha value is -2.67. The molecule has 2 aromatic carbocycles. The van der Waals surface area contributed by atoms with Gasteiger partial charge < -0.3 is 10.1 Å². The molecule has 4 aromatic rings. The number of hydrogen-bond donors (Lipinski definition) is 1. The molecule has 34 heavy (non-hydrogen) atoms. The Morgan fingerprint density at radius 2 is 1.94 bits per heavy atom. The van der Waals surface area contributed by atoms with E-state index in [9.17, 15) is 9.18 Å². The van der Waals surface area contributed by atoms with Gasteiger partial charge in [0.1, 0.15) is 11.6 Å². The van der Waals surface area contributed by atoms with Crippen LogP contribution in [-0.4, -0.2) is 17.5 Å². The minimum Gasteiger partial charge on any atom is -0.493 e. The lowest BCUT2D eigenvalue weighted by molar-refractivity contribution is 0.0927. The zero-order valence-electron chi connectivity index (χ0n) is 18.5. The number of thiophene rings is 1. The highest BCUT2D eigenvalue weighted by Crippen LogP contribution is 2.42. The normalized spacial score (nSPS) is 15.3. The van der Waals surface area contributed by atoms with Crippen LogP contribution in [0.25, 0.3) is 21.3 Å². The predicted molar refractivity (Wildman–Crippen MR) is 136 cm³/mol. The van der Waals surface area contributed by atoms with Gasteiger partial charge in [0.15, 0.2) is 0 Å². The molecule has 0 unspecified atom stereocenters. The van der Waals surface area contributed by atoms with Gasteiger partial charge in [-0.25, -0.2) is 4.39 Å². The molecule has 1 atom stereocenters. The van der Waals surface area contributed by atoms with Gasteiger partial charge in [-0.15, -0.1) is 11.3 Å². The molecule has 174 valence electrons. The summed E-state index contributed by atoms with van der Waals surface area (Å²) in [5.41, 5.74) is 4.11. The van der Waals surface area contributed by atoms with Gasteiger partial charge in [0, 0.05) is 39.4 Å². The van der Waals surface area contributed by atoms with Gasteiger partial charge in [0.25, 0.3) is 5.91 Å². The molecular formula is C26H21Cl2FN2O2S. The summed E-state index contributed by atoms with van der Waals surface area (Å²) in [5.74, 6) is 0.103. The van der Waals surface area contributed by atoms with Crippen molar-refractivity contribution in [2.24, 2.45) is 0 Å². The Kier molecular flexibility index (Phi) is 6.23. The molecule has 0 radical (unpaired) electrons. The second kappa shape index (κ2) is 9.17. The molecule has 5 rings (SSSR count). The molecule has 0 spiro atoms. The second-order valence-electron chi connectivity index (χ2n) is 8.54. The first-order chi connectivity index (χ1) is 16.3. The van der Waals surface area contributed by atoms with Crippen molar-refractivity contribution in [2.75, 3.05) is 6.61 Å². The Balaban J connectivity index is 1.58. The number of pyridine rings is 1. The van der Waals surface area contributed by atoms with Gasteiger partial charge in [0.2, 0.25) is 0 Å². The van der Waals surface area contributed by atoms with Crippen LogP contribution in [0.15, 0.2) is 48.7 Å². The van der Waals surface area contributed by atoms with Crippen molar-refractivity contribution in [3.05, 3.63) is 80.5 Å². The van der Waals surface area contributed by atoms with E-state index in [0.29, 0.717) is 39.3 Å². The molecule has 0 saturated carbocycles. The number of halogens is 3. The minimum atomic E-state index is -0.359. The number of carbonyl (C=O) groups excluding carboxylic acids is 1. The van der Waals surface area contributed by atoms with Crippen molar-refractivity contribution >= 4 is 50.7 Å². The first-order valence-corrected chi connectivity index (χ1v) is 12.5. The Labute approximate surface area is 210 Å². The standard InChI is InChI=1S/C26H21Cl2FN2O2S/c1-13(2)22-23-24(18(5-7-30-23)14-9-15(27)11-16(28)10-14)34-25(22)26(32)31-20-6-8-33-21-4-3-17(29)12-19(20)21/h3-5,7,9-13,20H,6,8H2,1-2H3,(H,31,32)/t20-/m0/s1. The number of nitrogens with zero attached hydrogens (tertiary/aromatic N) is 1. The van der Waals surface area contributed by atoms with E-state index in [2.05, 4.69) is 10.3 Å². The maximum atomic E-state index is 13.9. The van der Waals surface area contributed by atoms with E-state index in [4.69, 9.17) is 27.9 Å². The van der Waals surface area contributed by atoms with Crippen LogP contribution in [0.4, 0.5) is 4.39 Å². The summed E-state index contributed by atoms with van der Waals surface area (Å²) in [6, 6.07) is 11.4. The van der Waals surface area contributed by atoms with Crippen LogP contribution in [0.2, 0.25) is 10.0 Å². The third-order valence-electron chi connectivity index (χ3n) is 5.88. The lowest BCUT2D eigenvalue weighted by Crippen LogP contribution is -2.32. The molecule has 0 fully saturated rings. The fourth-order valence-corrected chi connectivity index (χ4v) is 6.27. The summed E-state index contributed by atoms with van der Waals surface area (Å²) in [4.78, 5) is 18.8. The van der Waals surface area contributed by atoms with Crippen molar-refractivity contribution in [1.29, 1.82) is 0 Å². The van der Waals surface area contributed by atoms with Crippen LogP contribution >= 0.6 is 34.5 Å². The van der Waals surface area contributed by atoms with Gasteiger partial charge in [-0.1, -0.05) is 37.0 Å². The van der Waals surface area contributed by atoms with Crippen molar-refractivity contribution in [3.8, 4) is 16.9 Å². The lowest BCUT2D eigenvalue weighted by atomic mass is 9.98. The number of aromatic nitrogens is 1. The quantitative estimate of drug-likeness (QED) is 0.302. The summed E-state index contributed by atoms with van der Waals surface area (Å²) in [6.07, 6.45) is 2.30. The molecule has 8 heteroatoms. The summed E-state index contributed by atoms with van der Waals surface area (Å²) in [7, 11) is 0. The Morgan fingerprint density at radius 3 is 2.68 bits per heavy atom. The molecule has 0 aliphatic carbocycles. The van der Waals surface area contributed by atoms with Crippen LogP contribution < -0.4 is 10.1 Å². The predicted octanol–water partition coefficient (Wildman–Crippen LogP) is 7.79. The average Bonchev–Trinajstić information content (AvgIpc) is 3.19. The molecule has 3 heterocycles. The van der Waals surface area contributed by atoms with Crippen LogP contribution in [0.5, 0.6) is 5.75 Å². The maximum Gasteiger partial charge on any atom is 0.262 e. The zero-order valence-corrected chi connectivity index (χ0v) is 20.8. The van der Waals surface area contributed by atoms with Crippen molar-refractivity contribution in [2.45, 2.75) is 32.2 Å². The van der Waals surface area contributed by atoms with Crippen molar-refractivity contribution in [3.63, 3.8) is 0 Å². The molecule has 1 amide bonds. The lowest BCUT2D eigenvalue weighted by Gasteiger charge is -2.26. The first kappa shape index (κ1) is 23.1. The topological polar surface area (TPSA) is 51.2 Å². The van der Waals surface area contributed by atoms with E-state index in [1.54, 1.807) is 18.3 Å². The Morgan fingerprint density at radius 1 is 1.18 bits per heavy atom. The van der Waals surface area contributed by atoms with E-state index >= 15 is 0 Å². The summed E-state index contributed by atoms with van der Waals surface area (Å²) >= 11 is 13.9. The fraction of sp³-hybridized carbons (Fsp3) is 0.231. The highest BCUT2D eigenvalue weighted by atomic mass is 35.5. The van der Waals surface area contributed by atoms with E-state index in [0.717, 1.165) is 26.9 Å². The number of rotatable bonds is 4. The molecule has 0 bridgehead atoms. The van der Waals surface area contributed by atoms with Gasteiger partial charge in [-0.2, -0.15) is 0 Å². The highest BCUT2D eigenvalue weighted by molar-refractivity contribution is 7.21. The number of carbonyl (C=O) groups is 1. The fourth-order valence-electron chi connectivity index (χ4n) is 4.39. The van der Waals surface area contributed by atoms with E-state index in [-0.39, 0.29) is 23.7 Å². The van der Waals surface area contributed by atoms with Crippen molar-refractivity contribution < 1.29 is 13.9 Å². The summed E-state index contributed by atoms with van der Waals surface area (Å²) in [5, 5.41) is 4.18. The number of hydrogen-bond acceptors (Lipinski definition) is 4. The maximum absolute atomic E-state index is 13.9. The van der Waals surface area contributed by atoms with Crippen LogP contribution in [0.3, 0.4) is 0 Å². The minimum absolute atomic E-state index is 0.0691. The largest absolute Gasteiger partial charge is 0.493 e. The average molecular weight is 515 g/mol. The van der Waals surface area contributed by atoms with Gasteiger partial charge in [-0.3, -0.25) is 9.78 Å². The van der Waals surface area contributed by atoms with Crippen LogP contribution in [0, 0.1) is 5.82 Å². The van der Waals surface area contributed by atoms with Crippen LogP contribution in [0.1, 0.15) is 53.0 Å². The molecular weight excluding hydrogens is 494 g/mol. The molecule has 4 nitrogen and oxygen atoms in total. The van der Waals surface area contributed by atoms with E-state index < -0.39 is 0 Å². The number of fused-ring (bicyclic) bond motifs is 2. The van der Waals surface area contributed by atoms with Gasteiger partial charge in [0.05, 0.1) is 27.7 Å². The molecule has 1 aliphatic rings. The Bertz CT molecular complexity index is 1400. The van der Waals surface area contributed by atoms with Crippen molar-refractivity contribution in [1.82, 2.24) is 10.3 Å². The smallest absolute Gasteiger partial charge is 0.262 e. The summed E-state index contributed by atoms with van der Waals surface area (Å²) < 4.78 is 20.4. The summed E-state index contributed by atoms with van der Waals surface area (Å²) in [6.45, 7) is 4.54. The van der Waals surface area contributed by atoms with Gasteiger partial charge >= 0.3 is 0 Å². The van der Waals surface area contributed by atoms with Crippen LogP contribution in [-0.2, 0) is 0 Å². The highest BCUT2D eigenvalue weighted by Gasteiger charge is 2.28. The van der Waals surface area contributed by atoms with E-state index in [1.165, 1.54) is 23.5 Å². The number of nitrogens with one attached hydrogen (secondary N) is 1.